The van der Waals surface area contributed by atoms with Gasteiger partial charge < -0.3 is 10.6 Å². The number of nitrogens with zero attached hydrogens (tertiary/aromatic N) is 1. The quantitative estimate of drug-likeness (QED) is 0.932. The van der Waals surface area contributed by atoms with Crippen molar-refractivity contribution >= 4 is 29.9 Å². The van der Waals surface area contributed by atoms with Gasteiger partial charge in [0.1, 0.15) is 0 Å². The molecule has 1 aromatic rings. The van der Waals surface area contributed by atoms with Crippen LogP contribution in [-0.4, -0.2) is 29.9 Å². The third kappa shape index (κ3) is 4.10. The Bertz CT molecular complexity index is 422. The second kappa shape index (κ2) is 7.13. The molecular weight excluding hydrogens is 283 g/mol. The van der Waals surface area contributed by atoms with Gasteiger partial charge in [-0.3, -0.25) is 4.79 Å². The lowest BCUT2D eigenvalue weighted by atomic mass is 10.1. The highest BCUT2D eigenvalue weighted by Gasteiger charge is 2.31. The maximum Gasteiger partial charge on any atom is 0.227 e. The van der Waals surface area contributed by atoms with Gasteiger partial charge in [0.15, 0.2) is 0 Å². The molecule has 2 atom stereocenters. The molecule has 0 aliphatic carbocycles. The van der Waals surface area contributed by atoms with E-state index in [1.54, 1.807) is 0 Å². The van der Waals surface area contributed by atoms with E-state index < -0.39 is 0 Å². The summed E-state index contributed by atoms with van der Waals surface area (Å²) in [5.74, 6) is 0.634. The molecule has 1 aromatic carbocycles. The minimum Gasteiger partial charge on any atom is -0.339 e. The van der Waals surface area contributed by atoms with Crippen molar-refractivity contribution in [1.29, 1.82) is 0 Å². The van der Waals surface area contributed by atoms with Crippen molar-refractivity contribution < 1.29 is 4.79 Å². The number of likely N-dealkylation sites (tertiary alicyclic amines) is 1. The summed E-state index contributed by atoms with van der Waals surface area (Å²) < 4.78 is 0. The monoisotopic (exact) mass is 302 g/mol. The third-order valence-corrected chi connectivity index (χ3v) is 3.84. The molecule has 0 saturated carbocycles. The van der Waals surface area contributed by atoms with E-state index in [-0.39, 0.29) is 18.3 Å². The minimum absolute atomic E-state index is 0. The first-order valence-corrected chi connectivity index (χ1v) is 6.72. The predicted molar refractivity (Wildman–Crippen MR) is 80.7 cm³/mol. The van der Waals surface area contributed by atoms with Crippen LogP contribution in [0.2, 0.25) is 5.02 Å². The maximum absolute atomic E-state index is 12.2. The molecule has 1 heterocycles. The molecule has 2 unspecified atom stereocenters. The van der Waals surface area contributed by atoms with E-state index in [2.05, 4.69) is 6.92 Å². The van der Waals surface area contributed by atoms with Crippen molar-refractivity contribution in [3.05, 3.63) is 34.9 Å². The minimum atomic E-state index is 0. The molecule has 0 aromatic heterocycles. The summed E-state index contributed by atoms with van der Waals surface area (Å²) in [6.45, 7) is 3.55. The van der Waals surface area contributed by atoms with Crippen molar-refractivity contribution in [3.63, 3.8) is 0 Å². The van der Waals surface area contributed by atoms with Crippen LogP contribution < -0.4 is 5.73 Å². The Morgan fingerprint density at radius 2 is 2.05 bits per heavy atom. The van der Waals surface area contributed by atoms with Gasteiger partial charge in [-0.2, -0.15) is 0 Å². The van der Waals surface area contributed by atoms with Crippen LogP contribution in [0.3, 0.4) is 0 Å². The van der Waals surface area contributed by atoms with Gasteiger partial charge in [-0.25, -0.2) is 0 Å². The molecule has 5 heteroatoms. The number of hydrogen-bond donors (Lipinski definition) is 1. The van der Waals surface area contributed by atoms with Crippen LogP contribution >= 0.6 is 24.0 Å². The number of amides is 1. The standard InChI is InChI=1S/C14H19ClN2O.ClH/c1-10-6-12(8-16)9-17(10)14(18)7-11-2-4-13(15)5-3-11;/h2-5,10,12H,6-9,16H2,1H3;1H. The van der Waals surface area contributed by atoms with Gasteiger partial charge in [0.05, 0.1) is 6.42 Å². The molecule has 106 valence electrons. The first-order chi connectivity index (χ1) is 8.60. The highest BCUT2D eigenvalue weighted by molar-refractivity contribution is 6.30. The molecule has 1 fully saturated rings. The summed E-state index contributed by atoms with van der Waals surface area (Å²) in [4.78, 5) is 14.2. The molecule has 19 heavy (non-hydrogen) atoms. The predicted octanol–water partition coefficient (Wildman–Crippen LogP) is 2.50. The summed E-state index contributed by atoms with van der Waals surface area (Å²) in [5, 5.41) is 0.698. The van der Waals surface area contributed by atoms with Crippen LogP contribution in [0.5, 0.6) is 0 Å². The lowest BCUT2D eigenvalue weighted by Crippen LogP contribution is -2.35. The van der Waals surface area contributed by atoms with Gasteiger partial charge in [-0.1, -0.05) is 23.7 Å². The smallest absolute Gasteiger partial charge is 0.227 e. The number of benzene rings is 1. The number of rotatable bonds is 3. The molecule has 2 N–H and O–H groups in total. The first-order valence-electron chi connectivity index (χ1n) is 6.34. The van der Waals surface area contributed by atoms with Gasteiger partial charge >= 0.3 is 0 Å². The number of carbonyl (C=O) groups excluding carboxylic acids is 1. The van der Waals surface area contributed by atoms with Crippen LogP contribution in [0.25, 0.3) is 0 Å². The van der Waals surface area contributed by atoms with E-state index in [0.717, 1.165) is 18.5 Å². The van der Waals surface area contributed by atoms with E-state index in [1.165, 1.54) is 0 Å². The normalized spacial score (nSPS) is 22.2. The fourth-order valence-electron chi connectivity index (χ4n) is 2.54. The second-order valence-electron chi connectivity index (χ2n) is 5.04. The summed E-state index contributed by atoms with van der Waals surface area (Å²) in [7, 11) is 0. The molecule has 0 radical (unpaired) electrons. The summed E-state index contributed by atoms with van der Waals surface area (Å²) in [6, 6.07) is 7.75. The summed E-state index contributed by atoms with van der Waals surface area (Å²) >= 11 is 5.83. The molecule has 1 aliphatic heterocycles. The average Bonchev–Trinajstić information content (AvgIpc) is 2.73. The van der Waals surface area contributed by atoms with Gasteiger partial charge in [0.2, 0.25) is 5.91 Å². The van der Waals surface area contributed by atoms with E-state index in [1.807, 2.05) is 29.2 Å². The van der Waals surface area contributed by atoms with E-state index >= 15 is 0 Å². The lowest BCUT2D eigenvalue weighted by Gasteiger charge is -2.21. The Hall–Kier alpha value is -0.770. The Morgan fingerprint density at radius 1 is 1.42 bits per heavy atom. The fourth-order valence-corrected chi connectivity index (χ4v) is 2.67. The Balaban J connectivity index is 0.00000180. The number of halogens is 2. The molecule has 1 saturated heterocycles. The van der Waals surface area contributed by atoms with Crippen LogP contribution in [0.4, 0.5) is 0 Å². The zero-order chi connectivity index (χ0) is 13.1. The highest BCUT2D eigenvalue weighted by atomic mass is 35.5. The van der Waals surface area contributed by atoms with Gasteiger partial charge in [-0.05, 0) is 43.5 Å². The Kier molecular flexibility index (Phi) is 6.11. The molecule has 1 aliphatic rings. The van der Waals surface area contributed by atoms with Crippen LogP contribution in [0, 0.1) is 5.92 Å². The molecule has 3 nitrogen and oxygen atoms in total. The van der Waals surface area contributed by atoms with E-state index in [0.29, 0.717) is 29.9 Å². The highest BCUT2D eigenvalue weighted by Crippen LogP contribution is 2.23. The number of carbonyl (C=O) groups is 1. The summed E-state index contributed by atoms with van der Waals surface area (Å²) in [5.41, 5.74) is 6.68. The average molecular weight is 303 g/mol. The summed E-state index contributed by atoms with van der Waals surface area (Å²) in [6.07, 6.45) is 1.46. The van der Waals surface area contributed by atoms with Crippen LogP contribution in [0.1, 0.15) is 18.9 Å². The molecule has 0 bridgehead atoms. The van der Waals surface area contributed by atoms with Crippen molar-refractivity contribution in [3.8, 4) is 0 Å². The van der Waals surface area contributed by atoms with Crippen molar-refractivity contribution in [2.75, 3.05) is 13.1 Å². The first kappa shape index (κ1) is 16.3. The Labute approximate surface area is 125 Å². The second-order valence-corrected chi connectivity index (χ2v) is 5.47. The third-order valence-electron chi connectivity index (χ3n) is 3.58. The topological polar surface area (TPSA) is 46.3 Å². The maximum atomic E-state index is 12.2. The lowest BCUT2D eigenvalue weighted by molar-refractivity contribution is -0.131. The zero-order valence-electron chi connectivity index (χ0n) is 11.0. The van der Waals surface area contributed by atoms with Gasteiger partial charge in [-0.15, -0.1) is 12.4 Å². The van der Waals surface area contributed by atoms with Crippen molar-refractivity contribution in [1.82, 2.24) is 4.90 Å². The van der Waals surface area contributed by atoms with Gasteiger partial charge in [0.25, 0.3) is 0 Å². The van der Waals surface area contributed by atoms with Crippen molar-refractivity contribution in [2.45, 2.75) is 25.8 Å². The fraction of sp³-hybridized carbons (Fsp3) is 0.500. The number of hydrogen-bond acceptors (Lipinski definition) is 2. The van der Waals surface area contributed by atoms with Crippen LogP contribution in [0.15, 0.2) is 24.3 Å². The van der Waals surface area contributed by atoms with Gasteiger partial charge in [0, 0.05) is 17.6 Å². The Morgan fingerprint density at radius 3 is 2.58 bits per heavy atom. The largest absolute Gasteiger partial charge is 0.339 e. The van der Waals surface area contributed by atoms with E-state index in [9.17, 15) is 4.79 Å². The van der Waals surface area contributed by atoms with Crippen LogP contribution in [-0.2, 0) is 11.2 Å². The zero-order valence-corrected chi connectivity index (χ0v) is 12.6. The molecular formula is C14H20Cl2N2O. The van der Waals surface area contributed by atoms with E-state index in [4.69, 9.17) is 17.3 Å². The SMILES string of the molecule is CC1CC(CN)CN1C(=O)Cc1ccc(Cl)cc1.Cl. The number of nitrogens with two attached hydrogens (primary N) is 1. The molecule has 2 rings (SSSR count). The van der Waals surface area contributed by atoms with Crippen molar-refractivity contribution in [2.24, 2.45) is 11.7 Å². The molecule has 0 spiro atoms. The molecule has 1 amide bonds.